The highest BCUT2D eigenvalue weighted by atomic mass is 16.6. The van der Waals surface area contributed by atoms with Crippen LogP contribution in [-0.2, 0) is 0 Å². The molecule has 0 saturated heterocycles. The van der Waals surface area contributed by atoms with E-state index in [1.54, 1.807) is 56.3 Å². The number of aromatic amines is 4. The average molecular weight is 448 g/mol. The molecule has 2 heterocycles. The molecule has 9 heteroatoms. The molecule has 4 rings (SSSR count). The lowest BCUT2D eigenvalue weighted by molar-refractivity contribution is 0.0728. The number of rotatable bonds is 7. The molecule has 0 spiro atoms. The van der Waals surface area contributed by atoms with E-state index in [9.17, 15) is 14.4 Å². The number of ether oxygens (including phenoxy) is 2. The molecule has 0 bridgehead atoms. The molecule has 0 atom stereocenters. The first kappa shape index (κ1) is 21.9. The van der Waals surface area contributed by atoms with Gasteiger partial charge in [-0.2, -0.15) is 0 Å². The third-order valence-corrected chi connectivity index (χ3v) is 5.41. The number of aryl methyl sites for hydroxylation is 2. The van der Waals surface area contributed by atoms with E-state index in [4.69, 9.17) is 9.47 Å². The van der Waals surface area contributed by atoms with Crippen molar-refractivity contribution < 1.29 is 14.3 Å². The summed E-state index contributed by atoms with van der Waals surface area (Å²) < 4.78 is 11.3. The maximum Gasteiger partial charge on any atom is 0.343 e. The Hall–Kier alpha value is -4.27. The van der Waals surface area contributed by atoms with Crippen molar-refractivity contribution in [2.75, 3.05) is 6.61 Å². The van der Waals surface area contributed by atoms with Crippen LogP contribution in [0.15, 0.2) is 58.1 Å². The standard InChI is InChI=1S/C24H24N4O5/c1-4-32-18-12-16(10-11-17(18)33-24(31)15-8-6-5-7-9-15)21(19-13(2)25-27-22(19)29)20-14(3)26-28-23(20)30/h5-12,21H,4H2,1-3H3,(H2,25,27,29)(H2,26,28,30). The number of aromatic nitrogens is 4. The Bertz CT molecular complexity index is 1340. The number of nitrogens with one attached hydrogen (secondary N) is 4. The molecule has 0 radical (unpaired) electrons. The van der Waals surface area contributed by atoms with Crippen molar-refractivity contribution in [1.29, 1.82) is 0 Å². The summed E-state index contributed by atoms with van der Waals surface area (Å²) in [6.07, 6.45) is 0. The summed E-state index contributed by atoms with van der Waals surface area (Å²) in [6, 6.07) is 13.7. The fourth-order valence-electron chi connectivity index (χ4n) is 3.87. The molecule has 2 aromatic carbocycles. The van der Waals surface area contributed by atoms with Crippen molar-refractivity contribution >= 4 is 5.97 Å². The van der Waals surface area contributed by atoms with E-state index in [1.165, 1.54) is 0 Å². The van der Waals surface area contributed by atoms with E-state index < -0.39 is 11.9 Å². The second-order valence-corrected chi connectivity index (χ2v) is 7.56. The Morgan fingerprint density at radius 1 is 0.848 bits per heavy atom. The summed E-state index contributed by atoms with van der Waals surface area (Å²) in [5, 5.41) is 10.8. The SMILES string of the molecule is CCOc1cc(C(c2c(C)[nH][nH]c2=O)c2c(C)[nH][nH]c2=O)ccc1OC(=O)c1ccccc1. The van der Waals surface area contributed by atoms with E-state index in [1.807, 2.05) is 13.0 Å². The molecular weight excluding hydrogens is 424 g/mol. The van der Waals surface area contributed by atoms with Crippen LogP contribution in [0.3, 0.4) is 0 Å². The zero-order chi connectivity index (χ0) is 23.5. The smallest absolute Gasteiger partial charge is 0.343 e. The maximum atomic E-state index is 12.6. The first-order valence-electron chi connectivity index (χ1n) is 10.5. The van der Waals surface area contributed by atoms with E-state index in [2.05, 4.69) is 20.4 Å². The number of hydrogen-bond donors (Lipinski definition) is 4. The molecule has 0 amide bonds. The number of esters is 1. The van der Waals surface area contributed by atoms with Crippen LogP contribution < -0.4 is 20.6 Å². The molecule has 170 valence electrons. The molecule has 9 nitrogen and oxygen atoms in total. The van der Waals surface area contributed by atoms with Gasteiger partial charge >= 0.3 is 5.97 Å². The summed E-state index contributed by atoms with van der Waals surface area (Å²) in [7, 11) is 0. The number of carbonyl (C=O) groups is 1. The highest BCUT2D eigenvalue weighted by Gasteiger charge is 2.29. The molecule has 0 aliphatic rings. The minimum absolute atomic E-state index is 0.243. The zero-order valence-corrected chi connectivity index (χ0v) is 18.4. The highest BCUT2D eigenvalue weighted by molar-refractivity contribution is 5.91. The van der Waals surface area contributed by atoms with Crippen molar-refractivity contribution in [3.63, 3.8) is 0 Å². The Labute approximate surface area is 188 Å². The fourth-order valence-corrected chi connectivity index (χ4v) is 3.87. The average Bonchev–Trinajstić information content (AvgIpc) is 3.32. The van der Waals surface area contributed by atoms with Crippen LogP contribution in [0, 0.1) is 13.8 Å². The van der Waals surface area contributed by atoms with Crippen molar-refractivity contribution in [3.8, 4) is 11.5 Å². The summed E-state index contributed by atoms with van der Waals surface area (Å²) >= 11 is 0. The van der Waals surface area contributed by atoms with Crippen molar-refractivity contribution in [3.05, 3.63) is 103 Å². The molecule has 4 aromatic rings. The first-order valence-corrected chi connectivity index (χ1v) is 10.5. The predicted octanol–water partition coefficient (Wildman–Crippen LogP) is 3.13. The lowest BCUT2D eigenvalue weighted by Crippen LogP contribution is -2.20. The van der Waals surface area contributed by atoms with Crippen molar-refractivity contribution in [2.45, 2.75) is 26.7 Å². The molecule has 0 aliphatic carbocycles. The molecular formula is C24H24N4O5. The third kappa shape index (κ3) is 4.25. The van der Waals surface area contributed by atoms with Gasteiger partial charge in [0.25, 0.3) is 11.1 Å². The Morgan fingerprint density at radius 2 is 1.45 bits per heavy atom. The van der Waals surface area contributed by atoms with Gasteiger partial charge in [-0.05, 0) is 50.6 Å². The second-order valence-electron chi connectivity index (χ2n) is 7.56. The monoisotopic (exact) mass is 448 g/mol. The Kier molecular flexibility index (Phi) is 6.03. The Morgan fingerprint density at radius 3 is 1.97 bits per heavy atom. The minimum Gasteiger partial charge on any atom is -0.490 e. The molecule has 4 N–H and O–H groups in total. The molecule has 0 aliphatic heterocycles. The number of H-pyrrole nitrogens is 4. The van der Waals surface area contributed by atoms with E-state index in [0.29, 0.717) is 46.0 Å². The van der Waals surface area contributed by atoms with Crippen LogP contribution in [0.4, 0.5) is 0 Å². The number of hydrogen-bond acceptors (Lipinski definition) is 5. The van der Waals surface area contributed by atoms with Crippen molar-refractivity contribution in [1.82, 2.24) is 20.4 Å². The van der Waals surface area contributed by atoms with Crippen LogP contribution in [0.1, 0.15) is 51.3 Å². The van der Waals surface area contributed by atoms with Crippen LogP contribution >= 0.6 is 0 Å². The normalized spacial score (nSPS) is 11.0. The maximum absolute atomic E-state index is 12.6. The van der Waals surface area contributed by atoms with Crippen LogP contribution in [-0.4, -0.2) is 33.0 Å². The fraction of sp³-hybridized carbons (Fsp3) is 0.208. The summed E-state index contributed by atoms with van der Waals surface area (Å²) in [5.74, 6) is -0.615. The molecule has 0 unspecified atom stereocenters. The highest BCUT2D eigenvalue weighted by Crippen LogP contribution is 2.37. The minimum atomic E-state index is -0.673. The molecule has 2 aromatic heterocycles. The van der Waals surface area contributed by atoms with Gasteiger partial charge in [0.05, 0.1) is 23.3 Å². The van der Waals surface area contributed by atoms with Gasteiger partial charge in [-0.1, -0.05) is 24.3 Å². The molecule has 33 heavy (non-hydrogen) atoms. The zero-order valence-electron chi connectivity index (χ0n) is 18.4. The van der Waals surface area contributed by atoms with E-state index in [-0.39, 0.29) is 16.9 Å². The number of benzene rings is 2. The summed E-state index contributed by atoms with van der Waals surface area (Å²) in [4.78, 5) is 37.8. The van der Waals surface area contributed by atoms with Gasteiger partial charge in [0.1, 0.15) is 0 Å². The first-order chi connectivity index (χ1) is 15.9. The quantitative estimate of drug-likeness (QED) is 0.255. The molecule has 0 fully saturated rings. The lowest BCUT2D eigenvalue weighted by atomic mass is 9.85. The van der Waals surface area contributed by atoms with Gasteiger partial charge in [0, 0.05) is 17.3 Å². The van der Waals surface area contributed by atoms with Crippen LogP contribution in [0.5, 0.6) is 11.5 Å². The lowest BCUT2D eigenvalue weighted by Gasteiger charge is -2.18. The van der Waals surface area contributed by atoms with E-state index in [0.717, 1.165) is 0 Å². The number of carbonyl (C=O) groups excluding carboxylic acids is 1. The van der Waals surface area contributed by atoms with Gasteiger partial charge in [0.2, 0.25) is 0 Å². The van der Waals surface area contributed by atoms with Gasteiger partial charge in [-0.25, -0.2) is 4.79 Å². The second kappa shape index (κ2) is 9.07. The van der Waals surface area contributed by atoms with Crippen LogP contribution in [0.2, 0.25) is 0 Å². The van der Waals surface area contributed by atoms with Crippen molar-refractivity contribution in [2.24, 2.45) is 0 Å². The van der Waals surface area contributed by atoms with Gasteiger partial charge in [-0.15, -0.1) is 0 Å². The van der Waals surface area contributed by atoms with Gasteiger partial charge < -0.3 is 19.7 Å². The van der Waals surface area contributed by atoms with Gasteiger partial charge in [-0.3, -0.25) is 19.8 Å². The van der Waals surface area contributed by atoms with Gasteiger partial charge in [0.15, 0.2) is 11.5 Å². The van der Waals surface area contributed by atoms with Crippen LogP contribution in [0.25, 0.3) is 0 Å². The molecule has 0 saturated carbocycles. The Balaban J connectivity index is 1.82. The summed E-state index contributed by atoms with van der Waals surface area (Å²) in [6.45, 7) is 5.66. The largest absolute Gasteiger partial charge is 0.490 e. The third-order valence-electron chi connectivity index (χ3n) is 5.41. The summed E-state index contributed by atoms with van der Waals surface area (Å²) in [5.41, 5.74) is 2.46. The predicted molar refractivity (Wildman–Crippen MR) is 122 cm³/mol. The van der Waals surface area contributed by atoms with E-state index >= 15 is 0 Å². The topological polar surface area (TPSA) is 133 Å².